The molecule has 0 amide bonds. The van der Waals surface area contributed by atoms with Gasteiger partial charge in [0.2, 0.25) is 0 Å². The predicted molar refractivity (Wildman–Crippen MR) is 94.2 cm³/mol. The summed E-state index contributed by atoms with van der Waals surface area (Å²) in [6, 6.07) is 7.66. The van der Waals surface area contributed by atoms with Gasteiger partial charge in [-0.1, -0.05) is 56.8 Å². The quantitative estimate of drug-likeness (QED) is 0.426. The van der Waals surface area contributed by atoms with Crippen molar-refractivity contribution in [2.45, 2.75) is 45.6 Å². The monoisotopic (exact) mass is 362 g/mol. The van der Waals surface area contributed by atoms with Gasteiger partial charge in [-0.3, -0.25) is 4.18 Å². The third-order valence-electron chi connectivity index (χ3n) is 3.74. The summed E-state index contributed by atoms with van der Waals surface area (Å²) in [5.41, 5.74) is 1.03. The molecular weight excluding hydrogens is 336 g/mol. The first kappa shape index (κ1) is 20.4. The van der Waals surface area contributed by atoms with Crippen LogP contribution >= 0.6 is 11.6 Å². The lowest BCUT2D eigenvalue weighted by Crippen LogP contribution is -2.19. The molecule has 4 nitrogen and oxygen atoms in total. The molecule has 0 aliphatic carbocycles. The van der Waals surface area contributed by atoms with Crippen molar-refractivity contribution in [2.24, 2.45) is 5.92 Å². The molecule has 0 aliphatic rings. The van der Waals surface area contributed by atoms with Crippen LogP contribution in [0.1, 0.15) is 51.2 Å². The minimum Gasteiger partial charge on any atom is -0.371 e. The van der Waals surface area contributed by atoms with E-state index in [9.17, 15) is 8.42 Å². The second kappa shape index (κ2) is 10.3. The minimum absolute atomic E-state index is 0.0279. The van der Waals surface area contributed by atoms with Crippen LogP contribution in [0.15, 0.2) is 24.3 Å². The zero-order chi connectivity index (χ0) is 17.3. The molecule has 1 aromatic rings. The Kier molecular flexibility index (Phi) is 9.14. The molecule has 0 bridgehead atoms. The summed E-state index contributed by atoms with van der Waals surface area (Å²) in [7, 11) is -3.43. The smallest absolute Gasteiger partial charge is 0.264 e. The fourth-order valence-electron chi connectivity index (χ4n) is 2.58. The van der Waals surface area contributed by atoms with Crippen molar-refractivity contribution in [3.63, 3.8) is 0 Å². The Morgan fingerprint density at radius 1 is 1.22 bits per heavy atom. The third-order valence-corrected chi connectivity index (χ3v) is 4.57. The van der Waals surface area contributed by atoms with Crippen LogP contribution in [0.3, 0.4) is 0 Å². The Bertz CT molecular complexity index is 559. The van der Waals surface area contributed by atoms with Crippen molar-refractivity contribution in [3.05, 3.63) is 34.9 Å². The van der Waals surface area contributed by atoms with Gasteiger partial charge in [-0.2, -0.15) is 8.42 Å². The van der Waals surface area contributed by atoms with Gasteiger partial charge in [0.05, 0.1) is 25.6 Å². The summed E-state index contributed by atoms with van der Waals surface area (Å²) in [5, 5.41) is 0.675. The molecule has 0 radical (unpaired) electrons. The highest BCUT2D eigenvalue weighted by atomic mass is 35.5. The molecule has 23 heavy (non-hydrogen) atoms. The number of unbranched alkanes of at least 4 members (excludes halogenated alkanes) is 1. The van der Waals surface area contributed by atoms with Crippen molar-refractivity contribution >= 4 is 21.7 Å². The minimum atomic E-state index is -3.43. The fraction of sp³-hybridized carbons (Fsp3) is 0.647. The first-order valence-electron chi connectivity index (χ1n) is 8.08. The maximum atomic E-state index is 11.0. The van der Waals surface area contributed by atoms with Crippen molar-refractivity contribution in [1.29, 1.82) is 0 Å². The number of ether oxygens (including phenoxy) is 1. The molecule has 6 heteroatoms. The van der Waals surface area contributed by atoms with Gasteiger partial charge in [-0.25, -0.2) is 0 Å². The van der Waals surface area contributed by atoms with Crippen molar-refractivity contribution < 1.29 is 17.3 Å². The zero-order valence-corrected chi connectivity index (χ0v) is 15.7. The van der Waals surface area contributed by atoms with Crippen LogP contribution in [-0.4, -0.2) is 27.9 Å². The van der Waals surface area contributed by atoms with Crippen LogP contribution in [0.25, 0.3) is 0 Å². The lowest BCUT2D eigenvalue weighted by atomic mass is 9.89. The van der Waals surface area contributed by atoms with E-state index in [1.54, 1.807) is 0 Å². The van der Waals surface area contributed by atoms with Gasteiger partial charge in [0, 0.05) is 5.02 Å². The van der Waals surface area contributed by atoms with Crippen molar-refractivity contribution in [1.82, 2.24) is 0 Å². The number of halogens is 1. The van der Waals surface area contributed by atoms with Crippen molar-refractivity contribution in [3.8, 4) is 0 Å². The Morgan fingerprint density at radius 2 is 1.96 bits per heavy atom. The summed E-state index contributed by atoms with van der Waals surface area (Å²) in [4.78, 5) is 0. The summed E-state index contributed by atoms with van der Waals surface area (Å²) < 4.78 is 32.8. The van der Waals surface area contributed by atoms with Gasteiger partial charge in [-0.05, 0) is 30.0 Å². The Hall–Kier alpha value is -0.620. The van der Waals surface area contributed by atoms with Crippen molar-refractivity contribution in [2.75, 3.05) is 19.5 Å². The number of hydrogen-bond acceptors (Lipinski definition) is 4. The number of rotatable bonds is 11. The van der Waals surface area contributed by atoms with E-state index >= 15 is 0 Å². The first-order chi connectivity index (χ1) is 10.9. The third kappa shape index (κ3) is 8.15. The highest BCUT2D eigenvalue weighted by molar-refractivity contribution is 7.85. The molecule has 0 saturated heterocycles. The van der Waals surface area contributed by atoms with E-state index < -0.39 is 10.1 Å². The Labute approximate surface area is 145 Å². The van der Waals surface area contributed by atoms with Gasteiger partial charge in [0.25, 0.3) is 10.1 Å². The molecule has 1 aromatic carbocycles. The normalized spacial score (nSPS) is 14.6. The molecule has 0 fully saturated rings. The second-order valence-electron chi connectivity index (χ2n) is 5.68. The average molecular weight is 363 g/mol. The molecule has 0 aromatic heterocycles. The van der Waals surface area contributed by atoms with Crippen LogP contribution in [0.5, 0.6) is 0 Å². The molecular formula is C17H27ClO4S. The van der Waals surface area contributed by atoms with Crippen LogP contribution < -0.4 is 0 Å². The molecule has 132 valence electrons. The van der Waals surface area contributed by atoms with Gasteiger partial charge in [-0.15, -0.1) is 0 Å². The zero-order valence-electron chi connectivity index (χ0n) is 14.1. The molecule has 2 atom stereocenters. The Morgan fingerprint density at radius 3 is 2.52 bits per heavy atom. The van der Waals surface area contributed by atoms with E-state index in [2.05, 4.69) is 13.8 Å². The van der Waals surface area contributed by atoms with E-state index in [4.69, 9.17) is 20.5 Å². The molecule has 0 heterocycles. The largest absolute Gasteiger partial charge is 0.371 e. The van der Waals surface area contributed by atoms with Crippen LogP contribution in [-0.2, 0) is 19.0 Å². The van der Waals surface area contributed by atoms with Gasteiger partial charge in [0.1, 0.15) is 0 Å². The van der Waals surface area contributed by atoms with E-state index in [1.165, 1.54) is 0 Å². The van der Waals surface area contributed by atoms with Gasteiger partial charge in [0.15, 0.2) is 0 Å². The molecule has 0 saturated carbocycles. The first-order valence-corrected chi connectivity index (χ1v) is 10.3. The molecule has 0 N–H and O–H groups in total. The predicted octanol–water partition coefficient (Wildman–Crippen LogP) is 4.59. The summed E-state index contributed by atoms with van der Waals surface area (Å²) in [6.07, 6.45) is 5.27. The molecule has 0 unspecified atom stereocenters. The number of benzene rings is 1. The highest BCUT2D eigenvalue weighted by Crippen LogP contribution is 2.33. The lowest BCUT2D eigenvalue weighted by molar-refractivity contribution is -0.00677. The molecule has 0 spiro atoms. The Balaban J connectivity index is 2.79. The van der Waals surface area contributed by atoms with E-state index in [-0.39, 0.29) is 19.3 Å². The summed E-state index contributed by atoms with van der Waals surface area (Å²) in [5.74, 6) is 0.367. The second-order valence-corrected chi connectivity index (χ2v) is 7.76. The standard InChI is InChI=1S/C17H27ClO4S/c1-4-6-8-14(5-2)17(15-9-7-10-16(18)13-15)21-11-12-22-23(3,19)20/h7,9-10,13-14,17H,4-6,8,11-12H2,1-3H3/t14-,17+/m0/s1. The van der Waals surface area contributed by atoms with Crippen LogP contribution in [0.2, 0.25) is 5.02 Å². The van der Waals surface area contributed by atoms with E-state index in [1.807, 2.05) is 24.3 Å². The summed E-state index contributed by atoms with van der Waals surface area (Å²) in [6.45, 7) is 4.57. The fourth-order valence-corrected chi connectivity index (χ4v) is 3.15. The molecule has 1 rings (SSSR count). The maximum absolute atomic E-state index is 11.0. The number of hydrogen-bond donors (Lipinski definition) is 0. The van der Waals surface area contributed by atoms with Gasteiger partial charge < -0.3 is 4.74 Å². The lowest BCUT2D eigenvalue weighted by Gasteiger charge is -2.27. The van der Waals surface area contributed by atoms with E-state index in [0.717, 1.165) is 37.5 Å². The topological polar surface area (TPSA) is 52.6 Å². The highest BCUT2D eigenvalue weighted by Gasteiger charge is 2.22. The van der Waals surface area contributed by atoms with Gasteiger partial charge >= 0.3 is 0 Å². The maximum Gasteiger partial charge on any atom is 0.264 e. The van der Waals surface area contributed by atoms with Crippen LogP contribution in [0, 0.1) is 5.92 Å². The SMILES string of the molecule is CCCC[C@H](CC)[C@@H](OCCOS(C)(=O)=O)c1cccc(Cl)c1. The molecule has 0 aliphatic heterocycles. The van der Waals surface area contributed by atoms with E-state index in [0.29, 0.717) is 10.9 Å². The van der Waals surface area contributed by atoms with Crippen LogP contribution in [0.4, 0.5) is 0 Å². The average Bonchev–Trinajstić information content (AvgIpc) is 2.48. The summed E-state index contributed by atoms with van der Waals surface area (Å²) >= 11 is 6.10.